The van der Waals surface area contributed by atoms with Crippen molar-refractivity contribution in [3.05, 3.63) is 52.3 Å². The van der Waals surface area contributed by atoms with E-state index in [1.165, 1.54) is 0 Å². The number of hydrogen-bond donors (Lipinski definition) is 1. The zero-order valence-corrected chi connectivity index (χ0v) is 12.3. The van der Waals surface area contributed by atoms with Gasteiger partial charge in [0.25, 0.3) is 0 Å². The molecule has 0 aliphatic rings. The van der Waals surface area contributed by atoms with Crippen LogP contribution in [0.25, 0.3) is 0 Å². The molecule has 100 valence electrons. The van der Waals surface area contributed by atoms with Crippen LogP contribution in [0.5, 0.6) is 0 Å². The van der Waals surface area contributed by atoms with Crippen LogP contribution in [0.15, 0.2) is 41.0 Å². The number of aryl methyl sites for hydroxylation is 1. The molecule has 2 rings (SSSR count). The second kappa shape index (κ2) is 6.12. The summed E-state index contributed by atoms with van der Waals surface area (Å²) in [4.78, 5) is 12.4. The van der Waals surface area contributed by atoms with Gasteiger partial charge in [-0.25, -0.2) is 0 Å². The Balaban J connectivity index is 2.17. The van der Waals surface area contributed by atoms with Gasteiger partial charge in [-0.1, -0.05) is 30.3 Å². The zero-order chi connectivity index (χ0) is 13.8. The first-order valence-electron chi connectivity index (χ1n) is 6.18. The normalized spacial score (nSPS) is 12.4. The summed E-state index contributed by atoms with van der Waals surface area (Å²) >= 11 is 3.35. The summed E-state index contributed by atoms with van der Waals surface area (Å²) in [5.74, 6) is -0.0879. The highest BCUT2D eigenvalue weighted by Gasteiger charge is 2.22. The van der Waals surface area contributed by atoms with E-state index in [0.29, 0.717) is 23.1 Å². The molecule has 0 fully saturated rings. The Labute approximate surface area is 120 Å². The molecule has 4 nitrogen and oxygen atoms in total. The molecule has 0 radical (unpaired) electrons. The number of nitrogens with two attached hydrogens (primary N) is 1. The van der Waals surface area contributed by atoms with Gasteiger partial charge < -0.3 is 5.73 Å². The number of carbonyl (C=O) groups excluding carboxylic acids is 1. The van der Waals surface area contributed by atoms with E-state index in [1.807, 2.05) is 37.3 Å². The molecule has 5 heteroatoms. The van der Waals surface area contributed by atoms with E-state index in [9.17, 15) is 4.79 Å². The van der Waals surface area contributed by atoms with Crippen LogP contribution in [-0.2, 0) is 13.0 Å². The quantitative estimate of drug-likeness (QED) is 0.860. The second-order valence-corrected chi connectivity index (χ2v) is 5.17. The van der Waals surface area contributed by atoms with Gasteiger partial charge in [-0.2, -0.15) is 5.10 Å². The Bertz CT molecular complexity index is 565. The van der Waals surface area contributed by atoms with Crippen molar-refractivity contribution < 1.29 is 4.79 Å². The van der Waals surface area contributed by atoms with E-state index in [0.717, 1.165) is 5.56 Å². The van der Waals surface area contributed by atoms with Crippen molar-refractivity contribution in [2.24, 2.45) is 5.73 Å². The minimum atomic E-state index is -0.555. The van der Waals surface area contributed by atoms with Crippen LogP contribution in [0.2, 0.25) is 0 Å². The summed E-state index contributed by atoms with van der Waals surface area (Å²) < 4.78 is 2.36. The summed E-state index contributed by atoms with van der Waals surface area (Å²) in [7, 11) is 0. The predicted molar refractivity (Wildman–Crippen MR) is 78.1 cm³/mol. The van der Waals surface area contributed by atoms with Crippen LogP contribution in [-0.4, -0.2) is 21.6 Å². The van der Waals surface area contributed by atoms with Crippen LogP contribution in [0.3, 0.4) is 0 Å². The van der Waals surface area contributed by atoms with Crippen molar-refractivity contribution in [1.29, 1.82) is 0 Å². The summed E-state index contributed by atoms with van der Waals surface area (Å²) in [6.45, 7) is 2.59. The molecule has 1 aromatic carbocycles. The molecule has 19 heavy (non-hydrogen) atoms. The fraction of sp³-hybridized carbons (Fsp3) is 0.286. The van der Waals surface area contributed by atoms with E-state index in [-0.39, 0.29) is 5.78 Å². The van der Waals surface area contributed by atoms with Crippen LogP contribution in [0.1, 0.15) is 23.0 Å². The van der Waals surface area contributed by atoms with Crippen molar-refractivity contribution in [2.45, 2.75) is 25.9 Å². The molecule has 1 unspecified atom stereocenters. The number of halogens is 1. The highest BCUT2D eigenvalue weighted by Crippen LogP contribution is 2.18. The molecule has 2 N–H and O–H groups in total. The summed E-state index contributed by atoms with van der Waals surface area (Å²) in [5, 5.41) is 4.14. The molecule has 0 saturated carbocycles. The molecule has 1 heterocycles. The number of hydrogen-bond acceptors (Lipinski definition) is 3. The highest BCUT2D eigenvalue weighted by atomic mass is 79.9. The first-order chi connectivity index (χ1) is 9.13. The molecular formula is C14H16BrN3O. The number of Topliss-reactive ketones (excluding diaryl/α,β-unsaturated/α-hetero) is 1. The lowest BCUT2D eigenvalue weighted by molar-refractivity contribution is 0.0949. The van der Waals surface area contributed by atoms with Crippen molar-refractivity contribution in [3.63, 3.8) is 0 Å². The van der Waals surface area contributed by atoms with Gasteiger partial charge in [0, 0.05) is 6.54 Å². The van der Waals surface area contributed by atoms with Gasteiger partial charge in [-0.15, -0.1) is 0 Å². The molecule has 0 bridgehead atoms. The Morgan fingerprint density at radius 3 is 2.74 bits per heavy atom. The lowest BCUT2D eigenvalue weighted by atomic mass is 10.0. The number of benzene rings is 1. The SMILES string of the molecule is CCn1ncc(Br)c1C(=O)C(N)Cc1ccccc1. The average molecular weight is 322 g/mol. The summed E-state index contributed by atoms with van der Waals surface area (Å²) in [5.41, 5.74) is 7.63. The standard InChI is InChI=1S/C14H16BrN3O/c1-2-18-13(11(15)9-17-18)14(19)12(16)8-10-6-4-3-5-7-10/h3-7,9,12H,2,8,16H2,1H3. The minimum absolute atomic E-state index is 0.0879. The Morgan fingerprint density at radius 1 is 1.42 bits per heavy atom. The van der Waals surface area contributed by atoms with Gasteiger partial charge >= 0.3 is 0 Å². The van der Waals surface area contributed by atoms with Crippen LogP contribution >= 0.6 is 15.9 Å². The molecule has 2 aromatic rings. The van der Waals surface area contributed by atoms with Crippen molar-refractivity contribution in [2.75, 3.05) is 0 Å². The van der Waals surface area contributed by atoms with Crippen molar-refractivity contribution in [1.82, 2.24) is 9.78 Å². The zero-order valence-electron chi connectivity index (χ0n) is 10.7. The van der Waals surface area contributed by atoms with Crippen molar-refractivity contribution >= 4 is 21.7 Å². The molecule has 0 aliphatic heterocycles. The van der Waals surface area contributed by atoms with E-state index in [2.05, 4.69) is 21.0 Å². The van der Waals surface area contributed by atoms with Gasteiger partial charge in [-0.3, -0.25) is 9.48 Å². The Kier molecular flexibility index (Phi) is 4.50. The maximum Gasteiger partial charge on any atom is 0.198 e. The second-order valence-electron chi connectivity index (χ2n) is 4.32. The fourth-order valence-electron chi connectivity index (χ4n) is 1.98. The first-order valence-corrected chi connectivity index (χ1v) is 6.97. The number of ketones is 1. The van der Waals surface area contributed by atoms with E-state index < -0.39 is 6.04 Å². The summed E-state index contributed by atoms with van der Waals surface area (Å²) in [6.07, 6.45) is 2.16. The molecule has 0 saturated heterocycles. The third kappa shape index (κ3) is 3.11. The number of rotatable bonds is 5. The van der Waals surface area contributed by atoms with Gasteiger partial charge in [0.05, 0.1) is 16.7 Å². The summed E-state index contributed by atoms with van der Waals surface area (Å²) in [6, 6.07) is 9.22. The maximum absolute atomic E-state index is 12.4. The van der Waals surface area contributed by atoms with Crippen LogP contribution in [0.4, 0.5) is 0 Å². The average Bonchev–Trinajstić information content (AvgIpc) is 2.80. The molecule has 0 amide bonds. The van der Waals surface area contributed by atoms with Gasteiger partial charge in [-0.05, 0) is 34.8 Å². The Hall–Kier alpha value is -1.46. The van der Waals surface area contributed by atoms with Crippen molar-refractivity contribution in [3.8, 4) is 0 Å². The molecular weight excluding hydrogens is 306 g/mol. The molecule has 1 aromatic heterocycles. The third-order valence-corrected chi connectivity index (χ3v) is 3.54. The lowest BCUT2D eigenvalue weighted by Gasteiger charge is -2.12. The smallest absolute Gasteiger partial charge is 0.198 e. The Morgan fingerprint density at radius 2 is 2.11 bits per heavy atom. The number of carbonyl (C=O) groups is 1. The maximum atomic E-state index is 12.4. The highest BCUT2D eigenvalue weighted by molar-refractivity contribution is 9.10. The number of aromatic nitrogens is 2. The topological polar surface area (TPSA) is 60.9 Å². The minimum Gasteiger partial charge on any atom is -0.321 e. The number of nitrogens with zero attached hydrogens (tertiary/aromatic N) is 2. The third-order valence-electron chi connectivity index (χ3n) is 2.96. The monoisotopic (exact) mass is 321 g/mol. The fourth-order valence-corrected chi connectivity index (χ4v) is 2.48. The van der Waals surface area contributed by atoms with Gasteiger partial charge in [0.2, 0.25) is 0 Å². The lowest BCUT2D eigenvalue weighted by Crippen LogP contribution is -2.34. The van der Waals surface area contributed by atoms with Gasteiger partial charge in [0.1, 0.15) is 5.69 Å². The molecule has 1 atom stereocenters. The van der Waals surface area contributed by atoms with E-state index in [4.69, 9.17) is 5.73 Å². The molecule has 0 spiro atoms. The molecule has 0 aliphatic carbocycles. The first kappa shape index (κ1) is 14.0. The van der Waals surface area contributed by atoms with Gasteiger partial charge in [0.15, 0.2) is 5.78 Å². The largest absolute Gasteiger partial charge is 0.321 e. The van der Waals surface area contributed by atoms with E-state index in [1.54, 1.807) is 10.9 Å². The van der Waals surface area contributed by atoms with Crippen LogP contribution in [0, 0.1) is 0 Å². The van der Waals surface area contributed by atoms with Crippen LogP contribution < -0.4 is 5.73 Å². The van der Waals surface area contributed by atoms with E-state index >= 15 is 0 Å². The predicted octanol–water partition coefficient (Wildman–Crippen LogP) is 2.42.